The predicted molar refractivity (Wildman–Crippen MR) is 77.8 cm³/mol. The first-order valence-corrected chi connectivity index (χ1v) is 7.76. The molecule has 0 unspecified atom stereocenters. The Kier molecular flexibility index (Phi) is 5.27. The van der Waals surface area contributed by atoms with Gasteiger partial charge in [-0.3, -0.25) is 0 Å². The Morgan fingerprint density at radius 2 is 1.90 bits per heavy atom. The Labute approximate surface area is 122 Å². The van der Waals surface area contributed by atoms with E-state index in [1.807, 2.05) is 25.7 Å². The van der Waals surface area contributed by atoms with Crippen LogP contribution in [0.5, 0.6) is 0 Å². The fourth-order valence-electron chi connectivity index (χ4n) is 2.80. The molecule has 2 aliphatic heterocycles. The van der Waals surface area contributed by atoms with Crippen molar-refractivity contribution in [2.24, 2.45) is 0 Å². The van der Waals surface area contributed by atoms with Crippen molar-refractivity contribution in [1.29, 1.82) is 0 Å². The Morgan fingerprint density at radius 3 is 2.55 bits per heavy atom. The van der Waals surface area contributed by atoms with Crippen molar-refractivity contribution in [3.05, 3.63) is 0 Å². The maximum absolute atomic E-state index is 12.1. The number of rotatable bonds is 2. The Morgan fingerprint density at radius 1 is 1.20 bits per heavy atom. The van der Waals surface area contributed by atoms with E-state index in [2.05, 4.69) is 5.32 Å². The van der Waals surface area contributed by atoms with Crippen molar-refractivity contribution in [3.63, 3.8) is 0 Å². The first kappa shape index (κ1) is 15.6. The minimum absolute atomic E-state index is 0.184. The third kappa shape index (κ3) is 4.94. The van der Waals surface area contributed by atoms with Crippen LogP contribution in [0, 0.1) is 0 Å². The number of carbonyl (C=O) groups is 1. The topological polar surface area (TPSA) is 50.8 Å². The van der Waals surface area contributed by atoms with E-state index in [1.54, 1.807) is 0 Å². The molecule has 1 atom stereocenters. The van der Waals surface area contributed by atoms with Gasteiger partial charge >= 0.3 is 6.09 Å². The molecular weight excluding hydrogens is 256 g/mol. The van der Waals surface area contributed by atoms with Gasteiger partial charge in [0.25, 0.3) is 0 Å². The van der Waals surface area contributed by atoms with Gasteiger partial charge in [-0.1, -0.05) is 0 Å². The van der Waals surface area contributed by atoms with Crippen molar-refractivity contribution in [3.8, 4) is 0 Å². The molecule has 20 heavy (non-hydrogen) atoms. The second-order valence-electron chi connectivity index (χ2n) is 6.82. The molecule has 0 radical (unpaired) electrons. The van der Waals surface area contributed by atoms with Crippen LogP contribution >= 0.6 is 0 Å². The molecule has 116 valence electrons. The number of hydrogen-bond donors (Lipinski definition) is 1. The molecule has 0 aromatic heterocycles. The Bertz CT molecular complexity index is 322. The molecule has 2 rings (SSSR count). The van der Waals surface area contributed by atoms with Gasteiger partial charge in [0.05, 0.1) is 0 Å². The Balaban J connectivity index is 1.80. The lowest BCUT2D eigenvalue weighted by Gasteiger charge is -2.37. The van der Waals surface area contributed by atoms with Gasteiger partial charge in [0, 0.05) is 38.4 Å². The maximum atomic E-state index is 12.1. The lowest BCUT2D eigenvalue weighted by Crippen LogP contribution is -2.52. The smallest absolute Gasteiger partial charge is 0.410 e. The van der Waals surface area contributed by atoms with Gasteiger partial charge in [0.1, 0.15) is 5.60 Å². The maximum Gasteiger partial charge on any atom is 0.410 e. The highest BCUT2D eigenvalue weighted by atomic mass is 16.6. The number of nitrogens with one attached hydrogen (secondary N) is 1. The molecule has 2 heterocycles. The van der Waals surface area contributed by atoms with E-state index in [0.717, 1.165) is 52.0 Å². The predicted octanol–water partition coefficient (Wildman–Crippen LogP) is 2.15. The first-order chi connectivity index (χ1) is 9.44. The highest BCUT2D eigenvalue weighted by Crippen LogP contribution is 2.17. The van der Waals surface area contributed by atoms with Crippen LogP contribution in [0.25, 0.3) is 0 Å². The van der Waals surface area contributed by atoms with Crippen molar-refractivity contribution < 1.29 is 14.3 Å². The van der Waals surface area contributed by atoms with Crippen LogP contribution in [0.4, 0.5) is 4.79 Å². The summed E-state index contributed by atoms with van der Waals surface area (Å²) in [5, 5.41) is 3.68. The number of ether oxygens (including phenoxy) is 2. The van der Waals surface area contributed by atoms with Gasteiger partial charge < -0.3 is 19.7 Å². The van der Waals surface area contributed by atoms with Gasteiger partial charge in [-0.15, -0.1) is 0 Å². The van der Waals surface area contributed by atoms with Gasteiger partial charge in [0.2, 0.25) is 0 Å². The van der Waals surface area contributed by atoms with Crippen LogP contribution in [0.3, 0.4) is 0 Å². The van der Waals surface area contributed by atoms with Crippen LogP contribution < -0.4 is 5.32 Å². The molecule has 0 aliphatic carbocycles. The zero-order valence-electron chi connectivity index (χ0n) is 13.0. The second kappa shape index (κ2) is 6.76. The zero-order chi connectivity index (χ0) is 14.6. The summed E-state index contributed by atoms with van der Waals surface area (Å²) in [5.74, 6) is 0. The summed E-state index contributed by atoms with van der Waals surface area (Å²) in [6, 6.07) is 0.923. The summed E-state index contributed by atoms with van der Waals surface area (Å²) in [6.45, 7) is 8.99. The lowest BCUT2D eigenvalue weighted by atomic mass is 10.0. The van der Waals surface area contributed by atoms with Crippen molar-refractivity contribution in [2.75, 3.05) is 26.3 Å². The SMILES string of the molecule is CC(C)(C)OC(=O)N1CCC[C@H](NC2CCOCC2)C1. The molecule has 2 aliphatic rings. The van der Waals surface area contributed by atoms with Crippen LogP contribution in [-0.2, 0) is 9.47 Å². The molecule has 5 nitrogen and oxygen atoms in total. The number of amides is 1. The number of nitrogens with zero attached hydrogens (tertiary/aromatic N) is 1. The molecule has 1 amide bonds. The quantitative estimate of drug-likeness (QED) is 0.844. The average Bonchev–Trinajstić information content (AvgIpc) is 2.38. The van der Waals surface area contributed by atoms with Crippen LogP contribution in [-0.4, -0.2) is 55.0 Å². The number of likely N-dealkylation sites (tertiary alicyclic amines) is 1. The molecule has 2 saturated heterocycles. The zero-order valence-corrected chi connectivity index (χ0v) is 13.0. The average molecular weight is 284 g/mol. The van der Waals surface area contributed by atoms with E-state index in [0.29, 0.717) is 12.1 Å². The van der Waals surface area contributed by atoms with Gasteiger partial charge in [0.15, 0.2) is 0 Å². The lowest BCUT2D eigenvalue weighted by molar-refractivity contribution is 0.0167. The molecule has 5 heteroatoms. The summed E-state index contributed by atoms with van der Waals surface area (Å²) in [5.41, 5.74) is -0.418. The van der Waals surface area contributed by atoms with E-state index < -0.39 is 5.60 Å². The summed E-state index contributed by atoms with van der Waals surface area (Å²) in [7, 11) is 0. The molecule has 0 spiro atoms. The molecule has 0 aromatic rings. The van der Waals surface area contributed by atoms with E-state index in [1.165, 1.54) is 0 Å². The molecule has 1 N–H and O–H groups in total. The number of carbonyl (C=O) groups excluding carboxylic acids is 1. The number of hydrogen-bond acceptors (Lipinski definition) is 4. The number of piperidine rings is 1. The van der Waals surface area contributed by atoms with E-state index in [4.69, 9.17) is 9.47 Å². The van der Waals surface area contributed by atoms with Crippen LogP contribution in [0.1, 0.15) is 46.5 Å². The van der Waals surface area contributed by atoms with E-state index in [-0.39, 0.29) is 6.09 Å². The fraction of sp³-hybridized carbons (Fsp3) is 0.933. The third-order valence-corrected chi connectivity index (χ3v) is 3.77. The normalized spacial score (nSPS) is 25.6. The van der Waals surface area contributed by atoms with Gasteiger partial charge in [-0.05, 0) is 46.5 Å². The third-order valence-electron chi connectivity index (χ3n) is 3.77. The standard InChI is InChI=1S/C15H28N2O3/c1-15(2,3)20-14(18)17-8-4-5-13(11-17)16-12-6-9-19-10-7-12/h12-13,16H,4-11H2,1-3H3/t13-/m0/s1. The largest absolute Gasteiger partial charge is 0.444 e. The summed E-state index contributed by atoms with van der Waals surface area (Å²) in [6.07, 6.45) is 4.14. The van der Waals surface area contributed by atoms with Crippen molar-refractivity contribution in [2.45, 2.75) is 64.1 Å². The highest BCUT2D eigenvalue weighted by Gasteiger charge is 2.28. The molecule has 0 aromatic carbocycles. The van der Waals surface area contributed by atoms with Gasteiger partial charge in [-0.2, -0.15) is 0 Å². The highest BCUT2D eigenvalue weighted by molar-refractivity contribution is 5.68. The molecule has 0 saturated carbocycles. The minimum Gasteiger partial charge on any atom is -0.444 e. The monoisotopic (exact) mass is 284 g/mol. The first-order valence-electron chi connectivity index (χ1n) is 7.76. The summed E-state index contributed by atoms with van der Waals surface area (Å²) >= 11 is 0. The minimum atomic E-state index is -0.418. The van der Waals surface area contributed by atoms with Crippen molar-refractivity contribution in [1.82, 2.24) is 10.2 Å². The summed E-state index contributed by atoms with van der Waals surface area (Å²) in [4.78, 5) is 13.9. The molecular formula is C15H28N2O3. The molecule has 0 bridgehead atoms. The fourth-order valence-corrected chi connectivity index (χ4v) is 2.80. The Hall–Kier alpha value is -0.810. The van der Waals surface area contributed by atoms with Crippen molar-refractivity contribution >= 4 is 6.09 Å². The van der Waals surface area contributed by atoms with Crippen LogP contribution in [0.2, 0.25) is 0 Å². The van der Waals surface area contributed by atoms with Crippen LogP contribution in [0.15, 0.2) is 0 Å². The van der Waals surface area contributed by atoms with E-state index in [9.17, 15) is 4.79 Å². The van der Waals surface area contributed by atoms with Gasteiger partial charge in [-0.25, -0.2) is 4.79 Å². The second-order valence-corrected chi connectivity index (χ2v) is 6.82. The van der Waals surface area contributed by atoms with E-state index >= 15 is 0 Å². The molecule has 2 fully saturated rings. The summed E-state index contributed by atoms with van der Waals surface area (Å²) < 4.78 is 10.8.